The number of aromatic nitrogens is 3. The Balaban J connectivity index is 1.48. The zero-order valence-corrected chi connectivity index (χ0v) is 18.2. The molecule has 3 heterocycles. The van der Waals surface area contributed by atoms with Crippen molar-refractivity contribution in [2.45, 2.75) is 51.4 Å². The lowest BCUT2D eigenvalue weighted by Crippen LogP contribution is -2.22. The van der Waals surface area contributed by atoms with E-state index in [9.17, 15) is 10.1 Å². The topological polar surface area (TPSA) is 95.7 Å². The molecular weight excluding hydrogens is 398 g/mol. The molecule has 1 aromatic carbocycles. The van der Waals surface area contributed by atoms with Crippen LogP contribution in [0.15, 0.2) is 23.4 Å². The van der Waals surface area contributed by atoms with Crippen LogP contribution < -0.4 is 5.32 Å². The Morgan fingerprint density at radius 3 is 3.00 bits per heavy atom. The smallest absolute Gasteiger partial charge is 0.235 e. The number of hydrogen-bond acceptors (Lipinski definition) is 5. The fourth-order valence-electron chi connectivity index (χ4n) is 3.82. The SMILES string of the molecule is Cc1ccc2nc(SCC(=O)Nc3c(C#N)c(C)c(C)n3C[C@H]3CCCO3)[nH]c2c1. The molecule has 0 saturated carbocycles. The molecule has 2 aromatic heterocycles. The van der Waals surface area contributed by atoms with Crippen LogP contribution in [0.5, 0.6) is 0 Å². The first-order valence-electron chi connectivity index (χ1n) is 10.1. The van der Waals surface area contributed by atoms with Crippen LogP contribution in [0.4, 0.5) is 5.82 Å². The highest BCUT2D eigenvalue weighted by molar-refractivity contribution is 7.99. The Morgan fingerprint density at radius 2 is 2.27 bits per heavy atom. The molecule has 0 spiro atoms. The van der Waals surface area contributed by atoms with Crippen LogP contribution in [0, 0.1) is 32.1 Å². The van der Waals surface area contributed by atoms with E-state index in [1.54, 1.807) is 0 Å². The van der Waals surface area contributed by atoms with Gasteiger partial charge in [-0.25, -0.2) is 4.98 Å². The number of aromatic amines is 1. The van der Waals surface area contributed by atoms with Crippen molar-refractivity contribution < 1.29 is 9.53 Å². The second-order valence-corrected chi connectivity index (χ2v) is 8.65. The van der Waals surface area contributed by atoms with Gasteiger partial charge >= 0.3 is 0 Å². The Labute approximate surface area is 179 Å². The second kappa shape index (κ2) is 8.54. The second-order valence-electron chi connectivity index (χ2n) is 7.69. The lowest BCUT2D eigenvalue weighted by Gasteiger charge is -2.16. The van der Waals surface area contributed by atoms with Crippen LogP contribution in [0.3, 0.4) is 0 Å². The van der Waals surface area contributed by atoms with Crippen molar-refractivity contribution >= 4 is 34.5 Å². The number of nitriles is 1. The predicted octanol–water partition coefficient (Wildman–Crippen LogP) is 4.07. The number of H-pyrrole nitrogens is 1. The molecule has 7 nitrogen and oxygen atoms in total. The van der Waals surface area contributed by atoms with Crippen molar-refractivity contribution in [3.05, 3.63) is 40.6 Å². The van der Waals surface area contributed by atoms with E-state index in [4.69, 9.17) is 4.74 Å². The van der Waals surface area contributed by atoms with Gasteiger partial charge in [0.1, 0.15) is 11.9 Å². The molecule has 156 valence electrons. The van der Waals surface area contributed by atoms with Crippen molar-refractivity contribution in [1.82, 2.24) is 14.5 Å². The van der Waals surface area contributed by atoms with E-state index in [-0.39, 0.29) is 17.8 Å². The fourth-order valence-corrected chi connectivity index (χ4v) is 4.51. The van der Waals surface area contributed by atoms with E-state index in [0.717, 1.165) is 47.3 Å². The van der Waals surface area contributed by atoms with Gasteiger partial charge in [0, 0.05) is 12.3 Å². The highest BCUT2D eigenvalue weighted by Crippen LogP contribution is 2.29. The number of amides is 1. The predicted molar refractivity (Wildman–Crippen MR) is 118 cm³/mol. The summed E-state index contributed by atoms with van der Waals surface area (Å²) in [5.74, 6) is 0.598. The quantitative estimate of drug-likeness (QED) is 0.583. The van der Waals surface area contributed by atoms with E-state index in [0.29, 0.717) is 23.1 Å². The number of hydrogen-bond donors (Lipinski definition) is 2. The number of carbonyl (C=O) groups excluding carboxylic acids is 1. The number of fused-ring (bicyclic) bond motifs is 1. The first-order chi connectivity index (χ1) is 14.5. The number of nitrogens with zero attached hydrogens (tertiary/aromatic N) is 3. The van der Waals surface area contributed by atoms with Gasteiger partial charge in [0.25, 0.3) is 0 Å². The van der Waals surface area contributed by atoms with Gasteiger partial charge in [-0.2, -0.15) is 5.26 Å². The van der Waals surface area contributed by atoms with E-state index in [1.165, 1.54) is 11.8 Å². The Bertz CT molecular complexity index is 1130. The number of carbonyl (C=O) groups is 1. The first kappa shape index (κ1) is 20.5. The third kappa shape index (κ3) is 4.09. The monoisotopic (exact) mass is 423 g/mol. The maximum Gasteiger partial charge on any atom is 0.235 e. The summed E-state index contributed by atoms with van der Waals surface area (Å²) in [5, 5.41) is 13.3. The Morgan fingerprint density at radius 1 is 1.43 bits per heavy atom. The normalized spacial score (nSPS) is 16.1. The van der Waals surface area contributed by atoms with Crippen LogP contribution in [0.2, 0.25) is 0 Å². The summed E-state index contributed by atoms with van der Waals surface area (Å²) in [7, 11) is 0. The highest BCUT2D eigenvalue weighted by Gasteiger charge is 2.24. The Kier molecular flexibility index (Phi) is 5.84. The maximum absolute atomic E-state index is 12.7. The summed E-state index contributed by atoms with van der Waals surface area (Å²) in [4.78, 5) is 20.5. The molecule has 8 heteroatoms. The number of imidazole rings is 1. The molecular formula is C22H25N5O2S. The van der Waals surface area contributed by atoms with Crippen molar-refractivity contribution in [3.63, 3.8) is 0 Å². The molecule has 1 aliphatic rings. The van der Waals surface area contributed by atoms with Gasteiger partial charge in [0.15, 0.2) is 5.16 Å². The summed E-state index contributed by atoms with van der Waals surface area (Å²) < 4.78 is 7.77. The summed E-state index contributed by atoms with van der Waals surface area (Å²) in [5.41, 5.74) is 5.39. The largest absolute Gasteiger partial charge is 0.376 e. The van der Waals surface area contributed by atoms with E-state index >= 15 is 0 Å². The minimum absolute atomic E-state index is 0.117. The maximum atomic E-state index is 12.7. The third-order valence-corrected chi connectivity index (χ3v) is 6.44. The lowest BCUT2D eigenvalue weighted by molar-refractivity contribution is -0.113. The van der Waals surface area contributed by atoms with Gasteiger partial charge in [0.2, 0.25) is 5.91 Å². The van der Waals surface area contributed by atoms with Gasteiger partial charge < -0.3 is 19.6 Å². The summed E-state index contributed by atoms with van der Waals surface area (Å²) in [6, 6.07) is 8.27. The summed E-state index contributed by atoms with van der Waals surface area (Å²) in [6.07, 6.45) is 2.16. The number of anilines is 1. The van der Waals surface area contributed by atoms with Gasteiger partial charge in [-0.1, -0.05) is 17.8 Å². The molecule has 1 saturated heterocycles. The molecule has 30 heavy (non-hydrogen) atoms. The molecule has 1 fully saturated rings. The van der Waals surface area contributed by atoms with E-state index < -0.39 is 0 Å². The Hall–Kier alpha value is -2.76. The fraction of sp³-hybridized carbons (Fsp3) is 0.409. The number of rotatable bonds is 6. The van der Waals surface area contributed by atoms with E-state index in [1.807, 2.05) is 43.5 Å². The van der Waals surface area contributed by atoms with Crippen LogP contribution in [-0.2, 0) is 16.1 Å². The zero-order chi connectivity index (χ0) is 21.3. The van der Waals surface area contributed by atoms with Crippen molar-refractivity contribution in [3.8, 4) is 6.07 Å². The van der Waals surface area contributed by atoms with Gasteiger partial charge in [0.05, 0.1) is 35.0 Å². The van der Waals surface area contributed by atoms with Gasteiger partial charge in [-0.15, -0.1) is 0 Å². The average molecular weight is 424 g/mol. The lowest BCUT2D eigenvalue weighted by atomic mass is 10.2. The average Bonchev–Trinajstić information content (AvgIpc) is 3.42. The van der Waals surface area contributed by atoms with Gasteiger partial charge in [-0.05, 0) is 56.9 Å². The van der Waals surface area contributed by atoms with Crippen molar-refractivity contribution in [2.24, 2.45) is 0 Å². The molecule has 1 atom stereocenters. The van der Waals surface area contributed by atoms with Gasteiger partial charge in [-0.3, -0.25) is 4.79 Å². The molecule has 0 unspecified atom stereocenters. The molecule has 0 aliphatic carbocycles. The standard InChI is InChI=1S/C22H25N5O2S/c1-13-6-7-18-19(9-13)25-22(24-18)30-12-20(28)26-21-17(10-23)14(2)15(3)27(21)11-16-5-4-8-29-16/h6-7,9,16H,4-5,8,11-12H2,1-3H3,(H,24,25)(H,26,28)/t16-/m1/s1. The third-order valence-electron chi connectivity index (χ3n) is 5.56. The molecule has 0 radical (unpaired) electrons. The number of aryl methyl sites for hydroxylation is 1. The van der Waals surface area contributed by atoms with E-state index in [2.05, 4.69) is 21.4 Å². The van der Waals surface area contributed by atoms with Crippen LogP contribution in [0.1, 0.15) is 35.2 Å². The minimum atomic E-state index is -0.167. The molecule has 1 aliphatic heterocycles. The van der Waals surface area contributed by atoms with Crippen LogP contribution in [0.25, 0.3) is 11.0 Å². The van der Waals surface area contributed by atoms with Crippen molar-refractivity contribution in [1.29, 1.82) is 5.26 Å². The van der Waals surface area contributed by atoms with Crippen molar-refractivity contribution in [2.75, 3.05) is 17.7 Å². The number of nitrogens with one attached hydrogen (secondary N) is 2. The summed E-state index contributed by atoms with van der Waals surface area (Å²) >= 11 is 1.35. The van der Waals surface area contributed by atoms with Crippen LogP contribution >= 0.6 is 11.8 Å². The summed E-state index contributed by atoms with van der Waals surface area (Å²) in [6.45, 7) is 7.33. The highest BCUT2D eigenvalue weighted by atomic mass is 32.2. The molecule has 0 bridgehead atoms. The number of ether oxygens (including phenoxy) is 1. The molecule has 1 amide bonds. The molecule has 2 N–H and O–H groups in total. The number of benzene rings is 1. The molecule has 3 aromatic rings. The van der Waals surface area contributed by atoms with Crippen LogP contribution in [-0.4, -0.2) is 38.9 Å². The minimum Gasteiger partial charge on any atom is -0.376 e. The molecule has 4 rings (SSSR count). The zero-order valence-electron chi connectivity index (χ0n) is 17.4. The number of thioether (sulfide) groups is 1. The first-order valence-corrected chi connectivity index (χ1v) is 11.0.